The summed E-state index contributed by atoms with van der Waals surface area (Å²) < 4.78 is 5.62. The maximum Gasteiger partial charge on any atom is 0.123 e. The van der Waals surface area contributed by atoms with Gasteiger partial charge in [0.25, 0.3) is 0 Å². The first kappa shape index (κ1) is 12.5. The first-order valence-electron chi connectivity index (χ1n) is 7.10. The number of furan rings is 1. The van der Waals surface area contributed by atoms with E-state index in [0.717, 1.165) is 12.2 Å². The van der Waals surface area contributed by atoms with Crippen LogP contribution in [0.4, 0.5) is 0 Å². The molecule has 0 amide bonds. The van der Waals surface area contributed by atoms with Crippen LogP contribution in [-0.2, 0) is 19.3 Å². The van der Waals surface area contributed by atoms with E-state index in [9.17, 15) is 0 Å². The topological polar surface area (TPSA) is 25.2 Å². The van der Waals surface area contributed by atoms with E-state index in [4.69, 9.17) is 4.42 Å². The zero-order chi connectivity index (χ0) is 13.2. The van der Waals surface area contributed by atoms with E-state index < -0.39 is 0 Å². The molecule has 0 radical (unpaired) electrons. The van der Waals surface area contributed by atoms with Gasteiger partial charge in [0.05, 0.1) is 12.3 Å². The lowest BCUT2D eigenvalue weighted by atomic mass is 9.99. The second kappa shape index (κ2) is 5.22. The Kier molecular flexibility index (Phi) is 3.43. The number of nitrogens with one attached hydrogen (secondary N) is 1. The fourth-order valence-electron chi connectivity index (χ4n) is 3.06. The van der Waals surface area contributed by atoms with Crippen LogP contribution >= 0.6 is 0 Å². The van der Waals surface area contributed by atoms with Gasteiger partial charge in [-0.1, -0.05) is 18.2 Å². The quantitative estimate of drug-likeness (QED) is 0.903. The number of benzene rings is 1. The Morgan fingerprint density at radius 3 is 2.79 bits per heavy atom. The van der Waals surface area contributed by atoms with Crippen molar-refractivity contribution in [1.29, 1.82) is 0 Å². The molecule has 0 bridgehead atoms. The summed E-state index contributed by atoms with van der Waals surface area (Å²) in [6.45, 7) is 2.10. The lowest BCUT2D eigenvalue weighted by Crippen LogP contribution is -2.19. The summed E-state index contributed by atoms with van der Waals surface area (Å²) in [6, 6.07) is 9.24. The Morgan fingerprint density at radius 2 is 2.05 bits per heavy atom. The van der Waals surface area contributed by atoms with Crippen molar-refractivity contribution < 1.29 is 4.42 Å². The third kappa shape index (κ3) is 2.45. The average molecular weight is 255 g/mol. The van der Waals surface area contributed by atoms with Gasteiger partial charge in [-0.25, -0.2) is 0 Å². The summed E-state index contributed by atoms with van der Waals surface area (Å²) in [7, 11) is 2.00. The molecule has 1 atom stereocenters. The maximum atomic E-state index is 5.62. The molecule has 19 heavy (non-hydrogen) atoms. The fourth-order valence-corrected chi connectivity index (χ4v) is 3.06. The number of rotatable bonds is 4. The smallest absolute Gasteiger partial charge is 0.123 e. The average Bonchev–Trinajstić information content (AvgIpc) is 3.04. The lowest BCUT2D eigenvalue weighted by Gasteiger charge is -2.15. The summed E-state index contributed by atoms with van der Waals surface area (Å²) in [5.41, 5.74) is 5.71. The Morgan fingerprint density at radius 1 is 1.21 bits per heavy atom. The van der Waals surface area contributed by atoms with E-state index in [0.29, 0.717) is 0 Å². The molecule has 3 rings (SSSR count). The first-order chi connectivity index (χ1) is 9.28. The van der Waals surface area contributed by atoms with E-state index in [-0.39, 0.29) is 6.04 Å². The van der Waals surface area contributed by atoms with Crippen molar-refractivity contribution in [2.24, 2.45) is 0 Å². The molecule has 2 aromatic rings. The van der Waals surface area contributed by atoms with Crippen molar-refractivity contribution in [3.8, 4) is 0 Å². The molecule has 0 spiro atoms. The van der Waals surface area contributed by atoms with Crippen LogP contribution in [0.3, 0.4) is 0 Å². The van der Waals surface area contributed by atoms with Crippen LogP contribution in [0.5, 0.6) is 0 Å². The van der Waals surface area contributed by atoms with Crippen molar-refractivity contribution >= 4 is 0 Å². The molecule has 1 aliphatic rings. The second-order valence-corrected chi connectivity index (χ2v) is 5.47. The molecular weight excluding hydrogens is 234 g/mol. The Bertz CT molecular complexity index is 570. The van der Waals surface area contributed by atoms with E-state index in [1.165, 1.54) is 30.4 Å². The van der Waals surface area contributed by atoms with Crippen LogP contribution in [0.15, 0.2) is 34.9 Å². The number of likely N-dealkylation sites (N-methyl/N-ethyl adjacent to an activating group) is 1. The number of fused-ring (bicyclic) bond motifs is 1. The Labute approximate surface area is 114 Å². The predicted octanol–water partition coefficient (Wildman–Crippen LogP) is 3.58. The van der Waals surface area contributed by atoms with Crippen LogP contribution < -0.4 is 5.32 Å². The molecule has 1 aromatic carbocycles. The van der Waals surface area contributed by atoms with Gasteiger partial charge in [-0.3, -0.25) is 0 Å². The van der Waals surface area contributed by atoms with E-state index in [1.54, 1.807) is 17.4 Å². The van der Waals surface area contributed by atoms with Crippen molar-refractivity contribution in [3.05, 3.63) is 58.5 Å². The molecule has 1 aromatic heterocycles. The largest absolute Gasteiger partial charge is 0.467 e. The molecule has 2 nitrogen and oxygen atoms in total. The van der Waals surface area contributed by atoms with Gasteiger partial charge >= 0.3 is 0 Å². The minimum atomic E-state index is 0.259. The van der Waals surface area contributed by atoms with E-state index >= 15 is 0 Å². The van der Waals surface area contributed by atoms with Gasteiger partial charge in [0, 0.05) is 0 Å². The molecule has 100 valence electrons. The zero-order valence-electron chi connectivity index (χ0n) is 11.7. The molecule has 2 heteroatoms. The monoisotopic (exact) mass is 255 g/mol. The molecule has 1 unspecified atom stereocenters. The van der Waals surface area contributed by atoms with E-state index in [2.05, 4.69) is 30.4 Å². The molecule has 1 heterocycles. The fraction of sp³-hybridized carbons (Fsp3) is 0.412. The summed E-state index contributed by atoms with van der Waals surface area (Å²) >= 11 is 0. The molecule has 0 aliphatic heterocycles. The highest BCUT2D eigenvalue weighted by Crippen LogP contribution is 2.26. The van der Waals surface area contributed by atoms with Gasteiger partial charge in [0.2, 0.25) is 0 Å². The van der Waals surface area contributed by atoms with Gasteiger partial charge < -0.3 is 9.73 Å². The third-order valence-electron chi connectivity index (χ3n) is 4.17. The van der Waals surface area contributed by atoms with Gasteiger partial charge in [0.15, 0.2) is 0 Å². The molecule has 0 fully saturated rings. The van der Waals surface area contributed by atoms with Gasteiger partial charge in [-0.2, -0.15) is 0 Å². The Hall–Kier alpha value is -1.54. The molecule has 1 aliphatic carbocycles. The van der Waals surface area contributed by atoms with Gasteiger partial charge in [-0.15, -0.1) is 0 Å². The minimum absolute atomic E-state index is 0.259. The standard InChI is InChI=1S/C17H21NO/c1-12-8-9-19-17(12)16(18-2)11-13-6-7-14-4-3-5-15(14)10-13/h6-10,16,18H,3-5,11H2,1-2H3. The van der Waals surface area contributed by atoms with Crippen molar-refractivity contribution in [2.45, 2.75) is 38.6 Å². The lowest BCUT2D eigenvalue weighted by molar-refractivity contribution is 0.426. The summed E-state index contributed by atoms with van der Waals surface area (Å²) in [5, 5.41) is 3.37. The van der Waals surface area contributed by atoms with Crippen LogP contribution in [0.25, 0.3) is 0 Å². The predicted molar refractivity (Wildman–Crippen MR) is 77.4 cm³/mol. The highest BCUT2D eigenvalue weighted by Gasteiger charge is 2.17. The van der Waals surface area contributed by atoms with Crippen LogP contribution in [0, 0.1) is 6.92 Å². The maximum absolute atomic E-state index is 5.62. The summed E-state index contributed by atoms with van der Waals surface area (Å²) in [4.78, 5) is 0. The molecular formula is C17H21NO. The molecule has 1 N–H and O–H groups in total. The Balaban J connectivity index is 1.81. The van der Waals surface area contributed by atoms with Crippen LogP contribution in [-0.4, -0.2) is 7.05 Å². The summed E-state index contributed by atoms with van der Waals surface area (Å²) in [6.07, 6.45) is 6.57. The summed E-state index contributed by atoms with van der Waals surface area (Å²) in [5.74, 6) is 1.06. The van der Waals surface area contributed by atoms with Crippen LogP contribution in [0.1, 0.15) is 40.5 Å². The van der Waals surface area contributed by atoms with Crippen molar-refractivity contribution in [1.82, 2.24) is 5.32 Å². The van der Waals surface area contributed by atoms with Crippen molar-refractivity contribution in [3.63, 3.8) is 0 Å². The highest BCUT2D eigenvalue weighted by atomic mass is 16.3. The third-order valence-corrected chi connectivity index (χ3v) is 4.17. The molecule has 0 saturated heterocycles. The minimum Gasteiger partial charge on any atom is -0.467 e. The molecule has 0 saturated carbocycles. The second-order valence-electron chi connectivity index (χ2n) is 5.47. The van der Waals surface area contributed by atoms with Crippen LogP contribution in [0.2, 0.25) is 0 Å². The van der Waals surface area contributed by atoms with Gasteiger partial charge in [0.1, 0.15) is 5.76 Å². The number of hydrogen-bond acceptors (Lipinski definition) is 2. The normalized spacial score (nSPS) is 15.5. The van der Waals surface area contributed by atoms with E-state index in [1.807, 2.05) is 13.1 Å². The SMILES string of the molecule is CNC(Cc1ccc2c(c1)CCC2)c1occc1C. The number of hydrogen-bond donors (Lipinski definition) is 1. The first-order valence-corrected chi connectivity index (χ1v) is 7.10. The van der Waals surface area contributed by atoms with Crippen molar-refractivity contribution in [2.75, 3.05) is 7.05 Å². The number of aryl methyl sites for hydroxylation is 3. The zero-order valence-corrected chi connectivity index (χ0v) is 11.7. The highest BCUT2D eigenvalue weighted by molar-refractivity contribution is 5.36. The van der Waals surface area contributed by atoms with Gasteiger partial charge in [-0.05, 0) is 68.0 Å².